The van der Waals surface area contributed by atoms with Crippen LogP contribution < -0.4 is 5.32 Å². The normalized spacial score (nSPS) is 10.7. The number of aromatic nitrogens is 1. The van der Waals surface area contributed by atoms with Gasteiger partial charge in [-0.15, -0.1) is 0 Å². The maximum absolute atomic E-state index is 13.3. The van der Waals surface area contributed by atoms with Crippen molar-refractivity contribution in [3.63, 3.8) is 0 Å². The van der Waals surface area contributed by atoms with E-state index in [0.29, 0.717) is 18.9 Å². The standard InChI is InChI=1S/C14H23FN4O/c1-5-16-13-12(9-11(15)10-17-13)14(20)19(4)8-6-7-18(2)3/h9-10H,5-8H2,1-4H3,(H,16,17). The van der Waals surface area contributed by atoms with Gasteiger partial charge in [-0.2, -0.15) is 0 Å². The minimum Gasteiger partial charge on any atom is -0.370 e. The summed E-state index contributed by atoms with van der Waals surface area (Å²) in [6.45, 7) is 4.06. The van der Waals surface area contributed by atoms with E-state index in [9.17, 15) is 9.18 Å². The number of amides is 1. The van der Waals surface area contributed by atoms with Crippen LogP contribution in [0.4, 0.5) is 10.2 Å². The molecule has 0 aromatic carbocycles. The van der Waals surface area contributed by atoms with Gasteiger partial charge in [0.05, 0.1) is 11.8 Å². The number of hydrogen-bond acceptors (Lipinski definition) is 4. The van der Waals surface area contributed by atoms with E-state index in [2.05, 4.69) is 15.2 Å². The van der Waals surface area contributed by atoms with Crippen molar-refractivity contribution in [2.45, 2.75) is 13.3 Å². The fourth-order valence-electron chi connectivity index (χ4n) is 1.84. The topological polar surface area (TPSA) is 48.5 Å². The van der Waals surface area contributed by atoms with Gasteiger partial charge in [0.1, 0.15) is 11.6 Å². The van der Waals surface area contributed by atoms with Crippen LogP contribution in [0.25, 0.3) is 0 Å². The number of carbonyl (C=O) groups is 1. The maximum atomic E-state index is 13.3. The Morgan fingerprint density at radius 2 is 2.05 bits per heavy atom. The van der Waals surface area contributed by atoms with E-state index >= 15 is 0 Å². The largest absolute Gasteiger partial charge is 0.370 e. The maximum Gasteiger partial charge on any atom is 0.257 e. The molecule has 0 spiro atoms. The Bertz CT molecular complexity index is 451. The number of nitrogens with zero attached hydrogens (tertiary/aromatic N) is 3. The van der Waals surface area contributed by atoms with Crippen LogP contribution in [0.3, 0.4) is 0 Å². The highest BCUT2D eigenvalue weighted by Crippen LogP contribution is 2.15. The smallest absolute Gasteiger partial charge is 0.257 e. The van der Waals surface area contributed by atoms with Gasteiger partial charge in [0.15, 0.2) is 0 Å². The van der Waals surface area contributed by atoms with Gasteiger partial charge in [-0.05, 0) is 40.1 Å². The molecule has 0 saturated heterocycles. The Kier molecular flexibility index (Phi) is 6.38. The zero-order valence-electron chi connectivity index (χ0n) is 12.6. The number of hydrogen-bond donors (Lipinski definition) is 1. The van der Waals surface area contributed by atoms with Crippen LogP contribution in [0.15, 0.2) is 12.3 Å². The molecule has 1 rings (SSSR count). The predicted molar refractivity (Wildman–Crippen MR) is 78.5 cm³/mol. The van der Waals surface area contributed by atoms with E-state index in [1.165, 1.54) is 6.07 Å². The summed E-state index contributed by atoms with van der Waals surface area (Å²) in [6.07, 6.45) is 1.98. The Morgan fingerprint density at radius 1 is 1.35 bits per heavy atom. The molecule has 1 N–H and O–H groups in total. The van der Waals surface area contributed by atoms with E-state index < -0.39 is 5.82 Å². The molecule has 112 valence electrons. The lowest BCUT2D eigenvalue weighted by Gasteiger charge is -2.20. The molecule has 5 nitrogen and oxygen atoms in total. The average Bonchev–Trinajstić information content (AvgIpc) is 2.39. The van der Waals surface area contributed by atoms with E-state index in [0.717, 1.165) is 19.2 Å². The second kappa shape index (κ2) is 7.79. The molecule has 1 amide bonds. The number of nitrogens with one attached hydrogen (secondary N) is 1. The summed E-state index contributed by atoms with van der Waals surface area (Å²) in [5.74, 6) is -0.290. The van der Waals surface area contributed by atoms with Crippen molar-refractivity contribution in [1.29, 1.82) is 0 Å². The van der Waals surface area contributed by atoms with Gasteiger partial charge in [0, 0.05) is 20.1 Å². The van der Waals surface area contributed by atoms with Gasteiger partial charge in [-0.3, -0.25) is 4.79 Å². The molecular formula is C14H23FN4O. The third-order valence-electron chi connectivity index (χ3n) is 2.87. The van der Waals surface area contributed by atoms with Crippen molar-refractivity contribution in [2.24, 2.45) is 0 Å². The summed E-state index contributed by atoms with van der Waals surface area (Å²) in [5, 5.41) is 2.98. The lowest BCUT2D eigenvalue weighted by molar-refractivity contribution is 0.0790. The van der Waals surface area contributed by atoms with Crippen LogP contribution in [0.1, 0.15) is 23.7 Å². The highest BCUT2D eigenvalue weighted by atomic mass is 19.1. The van der Waals surface area contributed by atoms with Crippen molar-refractivity contribution in [1.82, 2.24) is 14.8 Å². The van der Waals surface area contributed by atoms with Gasteiger partial charge in [0.2, 0.25) is 0 Å². The van der Waals surface area contributed by atoms with Gasteiger partial charge >= 0.3 is 0 Å². The lowest BCUT2D eigenvalue weighted by atomic mass is 10.2. The first-order chi connectivity index (χ1) is 9.45. The average molecular weight is 282 g/mol. The van der Waals surface area contributed by atoms with Crippen LogP contribution >= 0.6 is 0 Å². The second-order valence-electron chi connectivity index (χ2n) is 4.96. The number of halogens is 1. The van der Waals surface area contributed by atoms with Crippen molar-refractivity contribution in [3.05, 3.63) is 23.6 Å². The van der Waals surface area contributed by atoms with Gasteiger partial charge in [-0.25, -0.2) is 9.37 Å². The molecule has 1 heterocycles. The Morgan fingerprint density at radius 3 is 2.65 bits per heavy atom. The van der Waals surface area contributed by atoms with Gasteiger partial charge in [-0.1, -0.05) is 0 Å². The first kappa shape index (κ1) is 16.4. The molecular weight excluding hydrogens is 259 g/mol. The van der Waals surface area contributed by atoms with Crippen molar-refractivity contribution in [2.75, 3.05) is 46.1 Å². The van der Waals surface area contributed by atoms with Crippen LogP contribution in [0.2, 0.25) is 0 Å². The number of pyridine rings is 1. The molecule has 0 aliphatic carbocycles. The van der Waals surface area contributed by atoms with Crippen molar-refractivity contribution in [3.8, 4) is 0 Å². The summed E-state index contributed by atoms with van der Waals surface area (Å²) >= 11 is 0. The Labute approximate surface area is 119 Å². The van der Waals surface area contributed by atoms with Crippen LogP contribution in [-0.4, -0.2) is 61.5 Å². The van der Waals surface area contributed by atoms with E-state index in [1.807, 2.05) is 21.0 Å². The predicted octanol–water partition coefficient (Wildman–Crippen LogP) is 1.68. The van der Waals surface area contributed by atoms with Gasteiger partial charge < -0.3 is 15.1 Å². The summed E-state index contributed by atoms with van der Waals surface area (Å²) in [7, 11) is 5.70. The number of rotatable bonds is 7. The molecule has 0 fully saturated rings. The van der Waals surface area contributed by atoms with Crippen LogP contribution in [-0.2, 0) is 0 Å². The Hall–Kier alpha value is -1.69. The molecule has 0 aliphatic heterocycles. The SMILES string of the molecule is CCNc1ncc(F)cc1C(=O)N(C)CCCN(C)C. The minimum atomic E-state index is -0.503. The monoisotopic (exact) mass is 282 g/mol. The minimum absolute atomic E-state index is 0.216. The molecule has 6 heteroatoms. The fourth-order valence-corrected chi connectivity index (χ4v) is 1.84. The Balaban J connectivity index is 2.76. The van der Waals surface area contributed by atoms with Crippen molar-refractivity contribution < 1.29 is 9.18 Å². The van der Waals surface area contributed by atoms with Crippen LogP contribution in [0, 0.1) is 5.82 Å². The fraction of sp³-hybridized carbons (Fsp3) is 0.571. The number of carbonyl (C=O) groups excluding carboxylic acids is 1. The summed E-state index contributed by atoms with van der Waals surface area (Å²) in [5.41, 5.74) is 0.277. The number of anilines is 1. The third-order valence-corrected chi connectivity index (χ3v) is 2.87. The van der Waals surface area contributed by atoms with E-state index in [-0.39, 0.29) is 11.5 Å². The lowest BCUT2D eigenvalue weighted by Crippen LogP contribution is -2.30. The summed E-state index contributed by atoms with van der Waals surface area (Å²) in [6, 6.07) is 1.23. The van der Waals surface area contributed by atoms with Gasteiger partial charge in [0.25, 0.3) is 5.91 Å². The zero-order valence-corrected chi connectivity index (χ0v) is 12.6. The first-order valence-electron chi connectivity index (χ1n) is 6.75. The molecule has 0 radical (unpaired) electrons. The summed E-state index contributed by atoms with van der Waals surface area (Å²) < 4.78 is 13.3. The van der Waals surface area contributed by atoms with Crippen molar-refractivity contribution >= 4 is 11.7 Å². The third kappa shape index (κ3) is 4.77. The molecule has 20 heavy (non-hydrogen) atoms. The van der Waals surface area contributed by atoms with E-state index in [4.69, 9.17) is 0 Å². The van der Waals surface area contributed by atoms with E-state index in [1.54, 1.807) is 11.9 Å². The first-order valence-corrected chi connectivity index (χ1v) is 6.75. The highest BCUT2D eigenvalue weighted by Gasteiger charge is 2.17. The molecule has 0 atom stereocenters. The second-order valence-corrected chi connectivity index (χ2v) is 4.96. The molecule has 0 bridgehead atoms. The molecule has 0 unspecified atom stereocenters. The molecule has 0 saturated carbocycles. The zero-order chi connectivity index (χ0) is 15.1. The highest BCUT2D eigenvalue weighted by molar-refractivity contribution is 5.98. The quantitative estimate of drug-likeness (QED) is 0.826. The summed E-state index contributed by atoms with van der Waals surface area (Å²) in [4.78, 5) is 19.9. The molecule has 1 aromatic rings. The van der Waals surface area contributed by atoms with Crippen LogP contribution in [0.5, 0.6) is 0 Å². The molecule has 1 aromatic heterocycles. The molecule has 0 aliphatic rings.